The molecule has 6 nitrogen and oxygen atoms in total. The number of amides is 1. The number of aromatic nitrogens is 2. The van der Waals surface area contributed by atoms with Gasteiger partial charge in [-0.25, -0.2) is 9.37 Å². The minimum absolute atomic E-state index is 0.0940. The number of aromatic amines is 1. The van der Waals surface area contributed by atoms with Crippen molar-refractivity contribution in [3.63, 3.8) is 0 Å². The lowest BCUT2D eigenvalue weighted by Gasteiger charge is -2.27. The summed E-state index contributed by atoms with van der Waals surface area (Å²) in [6, 6.07) is 5.52. The van der Waals surface area contributed by atoms with Crippen LogP contribution < -0.4 is 5.56 Å². The summed E-state index contributed by atoms with van der Waals surface area (Å²) < 4.78 is 13.9. The van der Waals surface area contributed by atoms with E-state index in [9.17, 15) is 14.0 Å². The summed E-state index contributed by atoms with van der Waals surface area (Å²) in [7, 11) is 0. The van der Waals surface area contributed by atoms with E-state index in [1.807, 2.05) is 6.07 Å². The maximum atomic E-state index is 13.9. The Balaban J connectivity index is 1.90. The molecule has 22 heavy (non-hydrogen) atoms. The Bertz CT molecular complexity index is 853. The van der Waals surface area contributed by atoms with Crippen LogP contribution in [0.15, 0.2) is 29.3 Å². The van der Waals surface area contributed by atoms with Crippen LogP contribution in [0.25, 0.3) is 0 Å². The zero-order valence-electron chi connectivity index (χ0n) is 11.5. The van der Waals surface area contributed by atoms with Gasteiger partial charge in [-0.1, -0.05) is 0 Å². The van der Waals surface area contributed by atoms with Crippen molar-refractivity contribution in [1.82, 2.24) is 14.9 Å². The zero-order valence-corrected chi connectivity index (χ0v) is 11.5. The predicted molar refractivity (Wildman–Crippen MR) is 74.4 cm³/mol. The summed E-state index contributed by atoms with van der Waals surface area (Å²) >= 11 is 0. The Labute approximate surface area is 124 Å². The van der Waals surface area contributed by atoms with Crippen LogP contribution in [0.4, 0.5) is 4.39 Å². The average Bonchev–Trinajstić information content (AvgIpc) is 2.54. The van der Waals surface area contributed by atoms with Crippen LogP contribution in [0, 0.1) is 17.1 Å². The quantitative estimate of drug-likeness (QED) is 0.849. The van der Waals surface area contributed by atoms with E-state index in [-0.39, 0.29) is 23.2 Å². The minimum Gasteiger partial charge on any atom is -0.334 e. The zero-order chi connectivity index (χ0) is 15.7. The second-order valence-electron chi connectivity index (χ2n) is 4.94. The molecule has 0 radical (unpaired) electrons. The molecule has 1 aliphatic heterocycles. The maximum absolute atomic E-state index is 13.9. The number of rotatable bonds is 1. The second kappa shape index (κ2) is 5.41. The topological polar surface area (TPSA) is 89.8 Å². The first-order valence-electron chi connectivity index (χ1n) is 6.64. The molecular weight excluding hydrogens is 287 g/mol. The number of carbonyl (C=O) groups excluding carboxylic acids is 1. The van der Waals surface area contributed by atoms with E-state index < -0.39 is 11.7 Å². The van der Waals surface area contributed by atoms with Gasteiger partial charge in [0, 0.05) is 13.0 Å². The van der Waals surface area contributed by atoms with Gasteiger partial charge in [-0.05, 0) is 18.2 Å². The molecule has 1 aromatic heterocycles. The third kappa shape index (κ3) is 2.35. The molecule has 0 spiro atoms. The molecule has 1 amide bonds. The van der Waals surface area contributed by atoms with Gasteiger partial charge in [-0.3, -0.25) is 9.59 Å². The van der Waals surface area contributed by atoms with Crippen LogP contribution in [0.3, 0.4) is 0 Å². The molecule has 0 saturated heterocycles. The highest BCUT2D eigenvalue weighted by Crippen LogP contribution is 2.18. The average molecular weight is 298 g/mol. The standard InChI is InChI=1S/C15H11FN4O2/c16-12-5-9(6-17)1-2-10(12)15(22)20-4-3-13-11(7-20)14(21)19-8-18-13/h1-2,5,8H,3-4,7H2,(H,18,19,21). The Morgan fingerprint density at radius 3 is 3.00 bits per heavy atom. The van der Waals surface area contributed by atoms with Crippen LogP contribution in [-0.2, 0) is 13.0 Å². The lowest BCUT2D eigenvalue weighted by molar-refractivity contribution is 0.0728. The van der Waals surface area contributed by atoms with Crippen molar-refractivity contribution in [2.75, 3.05) is 6.54 Å². The highest BCUT2D eigenvalue weighted by atomic mass is 19.1. The highest BCUT2D eigenvalue weighted by Gasteiger charge is 2.26. The molecule has 7 heteroatoms. The fourth-order valence-electron chi connectivity index (χ4n) is 2.46. The monoisotopic (exact) mass is 298 g/mol. The lowest BCUT2D eigenvalue weighted by Crippen LogP contribution is -2.39. The van der Waals surface area contributed by atoms with Crippen molar-refractivity contribution in [1.29, 1.82) is 5.26 Å². The van der Waals surface area contributed by atoms with E-state index in [0.29, 0.717) is 24.2 Å². The van der Waals surface area contributed by atoms with Crippen molar-refractivity contribution in [3.8, 4) is 6.07 Å². The number of benzene rings is 1. The number of hydrogen-bond acceptors (Lipinski definition) is 4. The summed E-state index contributed by atoms with van der Waals surface area (Å²) in [5.41, 5.74) is 0.841. The molecule has 1 aromatic carbocycles. The van der Waals surface area contributed by atoms with Gasteiger partial charge < -0.3 is 9.88 Å². The molecular formula is C15H11FN4O2. The van der Waals surface area contributed by atoms with Crippen LogP contribution in [0.1, 0.15) is 27.2 Å². The molecule has 1 aliphatic rings. The molecule has 0 saturated carbocycles. The summed E-state index contributed by atoms with van der Waals surface area (Å²) in [5.74, 6) is -1.24. The SMILES string of the molecule is N#Cc1ccc(C(=O)N2CCc3nc[nH]c(=O)c3C2)c(F)c1. The Morgan fingerprint density at radius 1 is 1.45 bits per heavy atom. The highest BCUT2D eigenvalue weighted by molar-refractivity contribution is 5.94. The molecule has 0 fully saturated rings. The van der Waals surface area contributed by atoms with Crippen LogP contribution in [-0.4, -0.2) is 27.3 Å². The Kier molecular flexibility index (Phi) is 3.43. The summed E-state index contributed by atoms with van der Waals surface area (Å²) in [4.78, 5) is 32.1. The molecule has 0 unspecified atom stereocenters. The number of halogens is 1. The number of nitrogens with zero attached hydrogens (tertiary/aromatic N) is 3. The first-order chi connectivity index (χ1) is 10.6. The number of carbonyl (C=O) groups is 1. The van der Waals surface area contributed by atoms with Crippen LogP contribution in [0.5, 0.6) is 0 Å². The number of nitriles is 1. The maximum Gasteiger partial charge on any atom is 0.257 e. The van der Waals surface area contributed by atoms with Crippen molar-refractivity contribution in [2.45, 2.75) is 13.0 Å². The van der Waals surface area contributed by atoms with Crippen LogP contribution >= 0.6 is 0 Å². The van der Waals surface area contributed by atoms with Crippen molar-refractivity contribution in [3.05, 3.63) is 63.1 Å². The van der Waals surface area contributed by atoms with Crippen LogP contribution in [0.2, 0.25) is 0 Å². The van der Waals surface area contributed by atoms with Crippen molar-refractivity contribution < 1.29 is 9.18 Å². The smallest absolute Gasteiger partial charge is 0.257 e. The fourth-order valence-corrected chi connectivity index (χ4v) is 2.46. The molecule has 2 heterocycles. The normalized spacial score (nSPS) is 13.4. The van der Waals surface area contributed by atoms with E-state index in [2.05, 4.69) is 9.97 Å². The number of hydrogen-bond donors (Lipinski definition) is 1. The summed E-state index contributed by atoms with van der Waals surface area (Å²) in [5, 5.41) is 8.72. The molecule has 0 aliphatic carbocycles. The van der Waals surface area contributed by atoms with E-state index in [4.69, 9.17) is 5.26 Å². The minimum atomic E-state index is -0.741. The first-order valence-corrected chi connectivity index (χ1v) is 6.64. The third-order valence-corrected chi connectivity index (χ3v) is 3.62. The summed E-state index contributed by atoms with van der Waals surface area (Å²) in [6.07, 6.45) is 1.78. The van der Waals surface area contributed by atoms with E-state index in [0.717, 1.165) is 6.07 Å². The van der Waals surface area contributed by atoms with Gasteiger partial charge in [0.05, 0.1) is 41.3 Å². The van der Waals surface area contributed by atoms with E-state index in [1.165, 1.54) is 23.4 Å². The van der Waals surface area contributed by atoms with Crippen molar-refractivity contribution in [2.24, 2.45) is 0 Å². The van der Waals surface area contributed by atoms with Crippen molar-refractivity contribution >= 4 is 5.91 Å². The molecule has 0 atom stereocenters. The van der Waals surface area contributed by atoms with Gasteiger partial charge >= 0.3 is 0 Å². The molecule has 0 bridgehead atoms. The predicted octanol–water partition coefficient (Wildman–Crippen LogP) is 0.979. The van der Waals surface area contributed by atoms with Gasteiger partial charge in [-0.15, -0.1) is 0 Å². The largest absolute Gasteiger partial charge is 0.334 e. The fraction of sp³-hybridized carbons (Fsp3) is 0.200. The number of fused-ring (bicyclic) bond motifs is 1. The number of nitrogens with one attached hydrogen (secondary N) is 1. The molecule has 1 N–H and O–H groups in total. The van der Waals surface area contributed by atoms with E-state index in [1.54, 1.807) is 0 Å². The third-order valence-electron chi connectivity index (χ3n) is 3.62. The molecule has 2 aromatic rings. The second-order valence-corrected chi connectivity index (χ2v) is 4.94. The Morgan fingerprint density at radius 2 is 2.27 bits per heavy atom. The van der Waals surface area contributed by atoms with Gasteiger partial charge in [0.2, 0.25) is 0 Å². The Hall–Kier alpha value is -3.01. The lowest BCUT2D eigenvalue weighted by atomic mass is 10.0. The number of H-pyrrole nitrogens is 1. The van der Waals surface area contributed by atoms with Gasteiger partial charge in [0.1, 0.15) is 5.82 Å². The van der Waals surface area contributed by atoms with Gasteiger partial charge in [-0.2, -0.15) is 5.26 Å². The molecule has 3 rings (SSSR count). The first kappa shape index (κ1) is 13.9. The molecule has 110 valence electrons. The van der Waals surface area contributed by atoms with E-state index >= 15 is 0 Å². The van der Waals surface area contributed by atoms with Gasteiger partial charge in [0.15, 0.2) is 0 Å². The van der Waals surface area contributed by atoms with Gasteiger partial charge in [0.25, 0.3) is 11.5 Å². The summed E-state index contributed by atoms with van der Waals surface area (Å²) in [6.45, 7) is 0.457.